The van der Waals surface area contributed by atoms with Crippen LogP contribution < -0.4 is 10.2 Å². The molecule has 1 unspecified atom stereocenters. The summed E-state index contributed by atoms with van der Waals surface area (Å²) in [5.74, 6) is 0.616. The summed E-state index contributed by atoms with van der Waals surface area (Å²) in [5, 5.41) is 14.3. The first-order valence-electron chi connectivity index (χ1n) is 7.29. The first kappa shape index (κ1) is 14.8. The Bertz CT molecular complexity index is 456. The Balaban J connectivity index is 2.15. The van der Waals surface area contributed by atoms with Gasteiger partial charge in [-0.25, -0.2) is 0 Å². The highest BCUT2D eigenvalue weighted by molar-refractivity contribution is 5.53. The van der Waals surface area contributed by atoms with Gasteiger partial charge < -0.3 is 10.2 Å². The number of benzene rings is 1. The van der Waals surface area contributed by atoms with Gasteiger partial charge >= 0.3 is 0 Å². The number of rotatable bonds is 5. The monoisotopic (exact) mass is 277 g/mol. The topological polar surface area (TPSA) is 58.4 Å². The number of hydrogen-bond acceptors (Lipinski definition) is 4. The lowest BCUT2D eigenvalue weighted by Gasteiger charge is -2.34. The van der Waals surface area contributed by atoms with E-state index in [4.69, 9.17) is 0 Å². The van der Waals surface area contributed by atoms with E-state index in [0.29, 0.717) is 12.0 Å². The van der Waals surface area contributed by atoms with Crippen LogP contribution in [0.2, 0.25) is 0 Å². The van der Waals surface area contributed by atoms with E-state index in [2.05, 4.69) is 24.1 Å². The van der Waals surface area contributed by atoms with Gasteiger partial charge in [-0.15, -0.1) is 0 Å². The van der Waals surface area contributed by atoms with Crippen molar-refractivity contribution in [2.24, 2.45) is 5.92 Å². The average Bonchev–Trinajstić information content (AvgIpc) is 2.45. The summed E-state index contributed by atoms with van der Waals surface area (Å²) < 4.78 is 0. The van der Waals surface area contributed by atoms with Gasteiger partial charge in [0.05, 0.1) is 4.92 Å². The van der Waals surface area contributed by atoms with E-state index in [1.54, 1.807) is 18.2 Å². The number of nitrogens with zero attached hydrogens (tertiary/aromatic N) is 2. The fourth-order valence-electron chi connectivity index (χ4n) is 2.76. The zero-order valence-corrected chi connectivity index (χ0v) is 12.2. The first-order valence-corrected chi connectivity index (χ1v) is 7.29. The van der Waals surface area contributed by atoms with Crippen LogP contribution in [0.15, 0.2) is 24.3 Å². The smallest absolute Gasteiger partial charge is 0.271 e. The van der Waals surface area contributed by atoms with E-state index < -0.39 is 0 Å². The second-order valence-electron chi connectivity index (χ2n) is 5.74. The lowest BCUT2D eigenvalue weighted by Crippen LogP contribution is -2.41. The van der Waals surface area contributed by atoms with E-state index in [1.807, 2.05) is 6.07 Å². The van der Waals surface area contributed by atoms with Gasteiger partial charge in [0.2, 0.25) is 0 Å². The molecule has 110 valence electrons. The Morgan fingerprint density at radius 1 is 1.50 bits per heavy atom. The Hall–Kier alpha value is -1.62. The predicted octanol–water partition coefficient (Wildman–Crippen LogP) is 2.81. The third-order valence-corrected chi connectivity index (χ3v) is 3.85. The van der Waals surface area contributed by atoms with Crippen molar-refractivity contribution in [2.45, 2.75) is 32.7 Å². The molecule has 1 atom stereocenters. The number of non-ortho nitro benzene ring substituents is 1. The van der Waals surface area contributed by atoms with Crippen LogP contribution in [0, 0.1) is 16.0 Å². The summed E-state index contributed by atoms with van der Waals surface area (Å²) in [5.41, 5.74) is 1.11. The van der Waals surface area contributed by atoms with Gasteiger partial charge in [-0.05, 0) is 51.8 Å². The average molecular weight is 277 g/mol. The highest BCUT2D eigenvalue weighted by Gasteiger charge is 2.20. The third-order valence-electron chi connectivity index (χ3n) is 3.85. The summed E-state index contributed by atoms with van der Waals surface area (Å²) in [7, 11) is 0. The standard InChI is InChI=1S/C15H23N3O2/c1-12(2)17(11-13-5-4-8-16-10-13)14-6-3-7-15(9-14)18(19)20/h3,6-7,9,12-13,16H,4-5,8,10-11H2,1-2H3. The molecule has 0 amide bonds. The van der Waals surface area contributed by atoms with Gasteiger partial charge in [0.1, 0.15) is 0 Å². The molecule has 1 aromatic carbocycles. The second-order valence-corrected chi connectivity index (χ2v) is 5.74. The normalized spacial score (nSPS) is 19.1. The summed E-state index contributed by atoms with van der Waals surface area (Å²) in [6, 6.07) is 7.28. The molecule has 2 rings (SSSR count). The lowest BCUT2D eigenvalue weighted by atomic mass is 9.98. The van der Waals surface area contributed by atoms with Gasteiger partial charge in [-0.1, -0.05) is 6.07 Å². The number of anilines is 1. The molecule has 1 aliphatic heterocycles. The maximum atomic E-state index is 10.9. The Labute approximate surface area is 120 Å². The molecule has 0 aromatic heterocycles. The fourth-order valence-corrected chi connectivity index (χ4v) is 2.76. The lowest BCUT2D eigenvalue weighted by molar-refractivity contribution is -0.384. The molecule has 0 spiro atoms. The zero-order valence-electron chi connectivity index (χ0n) is 12.2. The molecular weight excluding hydrogens is 254 g/mol. The van der Waals surface area contributed by atoms with E-state index in [1.165, 1.54) is 12.8 Å². The number of hydrogen-bond donors (Lipinski definition) is 1. The number of nitro benzene ring substituents is 1. The molecule has 1 aromatic rings. The predicted molar refractivity (Wildman–Crippen MR) is 81.2 cm³/mol. The van der Waals surface area contributed by atoms with Crippen molar-refractivity contribution in [2.75, 3.05) is 24.5 Å². The molecule has 5 heteroatoms. The number of nitrogens with one attached hydrogen (secondary N) is 1. The van der Waals surface area contributed by atoms with Crippen molar-refractivity contribution in [1.29, 1.82) is 0 Å². The molecule has 0 bridgehead atoms. The van der Waals surface area contributed by atoms with E-state index in [0.717, 1.165) is 25.3 Å². The minimum Gasteiger partial charge on any atom is -0.369 e. The van der Waals surface area contributed by atoms with Crippen molar-refractivity contribution < 1.29 is 4.92 Å². The Kier molecular flexibility index (Phi) is 4.95. The van der Waals surface area contributed by atoms with Gasteiger partial charge in [0.15, 0.2) is 0 Å². The van der Waals surface area contributed by atoms with Crippen molar-refractivity contribution in [3.63, 3.8) is 0 Å². The highest BCUT2D eigenvalue weighted by atomic mass is 16.6. The Morgan fingerprint density at radius 3 is 2.90 bits per heavy atom. The molecule has 1 heterocycles. The minimum absolute atomic E-state index is 0.162. The fraction of sp³-hybridized carbons (Fsp3) is 0.600. The van der Waals surface area contributed by atoms with Crippen LogP contribution in [0.5, 0.6) is 0 Å². The van der Waals surface area contributed by atoms with Gasteiger partial charge in [0, 0.05) is 30.4 Å². The number of piperidine rings is 1. The maximum Gasteiger partial charge on any atom is 0.271 e. The van der Waals surface area contributed by atoms with Crippen molar-refractivity contribution in [1.82, 2.24) is 5.32 Å². The van der Waals surface area contributed by atoms with E-state index in [-0.39, 0.29) is 10.6 Å². The largest absolute Gasteiger partial charge is 0.369 e. The van der Waals surface area contributed by atoms with Crippen molar-refractivity contribution in [3.8, 4) is 0 Å². The van der Waals surface area contributed by atoms with Gasteiger partial charge in [0.25, 0.3) is 5.69 Å². The number of nitro groups is 1. The molecule has 0 saturated carbocycles. The first-order chi connectivity index (χ1) is 9.58. The molecule has 0 radical (unpaired) electrons. The van der Waals surface area contributed by atoms with Crippen LogP contribution in [0.1, 0.15) is 26.7 Å². The zero-order chi connectivity index (χ0) is 14.5. The molecule has 1 N–H and O–H groups in total. The summed E-state index contributed by atoms with van der Waals surface area (Å²) in [6.45, 7) is 7.36. The molecule has 1 aliphatic rings. The summed E-state index contributed by atoms with van der Waals surface area (Å²) >= 11 is 0. The van der Waals surface area contributed by atoms with Crippen LogP contribution in [-0.4, -0.2) is 30.6 Å². The van der Waals surface area contributed by atoms with Gasteiger partial charge in [-0.2, -0.15) is 0 Å². The van der Waals surface area contributed by atoms with Crippen LogP contribution in [-0.2, 0) is 0 Å². The summed E-state index contributed by atoms with van der Waals surface area (Å²) in [6.07, 6.45) is 2.44. The minimum atomic E-state index is -0.329. The SMILES string of the molecule is CC(C)N(CC1CCCNC1)c1cccc([N+](=O)[O-])c1. The van der Waals surface area contributed by atoms with Crippen molar-refractivity contribution >= 4 is 11.4 Å². The van der Waals surface area contributed by atoms with Crippen molar-refractivity contribution in [3.05, 3.63) is 34.4 Å². The molecular formula is C15H23N3O2. The van der Waals surface area contributed by atoms with Gasteiger partial charge in [-0.3, -0.25) is 10.1 Å². The summed E-state index contributed by atoms with van der Waals surface area (Å²) in [4.78, 5) is 12.9. The van der Waals surface area contributed by atoms with E-state index in [9.17, 15) is 10.1 Å². The molecule has 5 nitrogen and oxygen atoms in total. The van der Waals surface area contributed by atoms with E-state index >= 15 is 0 Å². The molecule has 20 heavy (non-hydrogen) atoms. The van der Waals surface area contributed by atoms with Crippen LogP contribution in [0.25, 0.3) is 0 Å². The maximum absolute atomic E-state index is 10.9. The van der Waals surface area contributed by atoms with Crippen LogP contribution >= 0.6 is 0 Å². The van der Waals surface area contributed by atoms with Crippen LogP contribution in [0.4, 0.5) is 11.4 Å². The Morgan fingerprint density at radius 2 is 2.30 bits per heavy atom. The molecule has 1 fully saturated rings. The van der Waals surface area contributed by atoms with Crippen LogP contribution in [0.3, 0.4) is 0 Å². The second kappa shape index (κ2) is 6.70. The third kappa shape index (κ3) is 3.70. The molecule has 1 saturated heterocycles. The quantitative estimate of drug-likeness (QED) is 0.664. The highest BCUT2D eigenvalue weighted by Crippen LogP contribution is 2.25. The molecule has 0 aliphatic carbocycles.